The molecule has 4 atom stereocenters. The Morgan fingerprint density at radius 3 is 1.88 bits per heavy atom. The lowest BCUT2D eigenvalue weighted by Gasteiger charge is -2.26. The number of rotatable bonds is 17. The highest BCUT2D eigenvalue weighted by Crippen LogP contribution is 2.13. The molecule has 0 spiro atoms. The number of carbonyl (C=O) groups is 4. The molecule has 11 heteroatoms. The number of unbranched alkanes of at least 4 members (excludes halogenated alkanes) is 1. The maximum atomic E-state index is 13.5. The van der Waals surface area contributed by atoms with Crippen LogP contribution in [0.2, 0.25) is 0 Å². The van der Waals surface area contributed by atoms with E-state index < -0.39 is 47.9 Å². The zero-order chi connectivity index (χ0) is 30.4. The second kappa shape index (κ2) is 17.0. The zero-order valence-corrected chi connectivity index (χ0v) is 23.7. The van der Waals surface area contributed by atoms with Crippen LogP contribution in [0.25, 0.3) is 0 Å². The van der Waals surface area contributed by atoms with Crippen molar-refractivity contribution in [1.29, 1.82) is 0 Å². The number of aromatic hydroxyl groups is 1. The topological polar surface area (TPSA) is 197 Å². The van der Waals surface area contributed by atoms with Crippen LogP contribution >= 0.6 is 0 Å². The van der Waals surface area contributed by atoms with Gasteiger partial charge in [-0.15, -0.1) is 0 Å². The monoisotopic (exact) mass is 569 g/mol. The van der Waals surface area contributed by atoms with Crippen molar-refractivity contribution in [3.8, 4) is 5.75 Å². The first-order valence-corrected chi connectivity index (χ1v) is 13.9. The Morgan fingerprint density at radius 2 is 1.29 bits per heavy atom. The van der Waals surface area contributed by atoms with Gasteiger partial charge in [0.25, 0.3) is 0 Å². The Hall–Kier alpha value is -3.96. The quantitative estimate of drug-likeness (QED) is 0.138. The molecule has 0 saturated heterocycles. The lowest BCUT2D eigenvalue weighted by Crippen LogP contribution is -2.57. The molecule has 2 aromatic carbocycles. The third-order valence-corrected chi connectivity index (χ3v) is 6.55. The van der Waals surface area contributed by atoms with Crippen LogP contribution in [0.3, 0.4) is 0 Å². The van der Waals surface area contributed by atoms with E-state index in [1.165, 1.54) is 12.1 Å². The molecule has 2 rings (SSSR count). The van der Waals surface area contributed by atoms with Crippen molar-refractivity contribution in [2.75, 3.05) is 6.54 Å². The number of nitrogens with one attached hydrogen (secondary N) is 3. The van der Waals surface area contributed by atoms with Gasteiger partial charge in [0.05, 0.1) is 6.04 Å². The highest BCUT2D eigenvalue weighted by molar-refractivity contribution is 5.94. The number of carboxylic acid groups (broad SMARTS) is 1. The van der Waals surface area contributed by atoms with Crippen LogP contribution in [0, 0.1) is 5.92 Å². The molecule has 0 saturated carbocycles. The molecule has 0 aliphatic heterocycles. The molecule has 224 valence electrons. The molecule has 0 bridgehead atoms. The van der Waals surface area contributed by atoms with Gasteiger partial charge in [-0.2, -0.15) is 0 Å². The summed E-state index contributed by atoms with van der Waals surface area (Å²) in [6.45, 7) is 4.25. The van der Waals surface area contributed by atoms with E-state index >= 15 is 0 Å². The highest BCUT2D eigenvalue weighted by Gasteiger charge is 2.30. The number of nitrogens with two attached hydrogens (primary N) is 2. The maximum Gasteiger partial charge on any atom is 0.326 e. The molecule has 9 N–H and O–H groups in total. The predicted molar refractivity (Wildman–Crippen MR) is 156 cm³/mol. The first kappa shape index (κ1) is 33.2. The number of benzene rings is 2. The molecule has 11 nitrogen and oxygen atoms in total. The standard InChI is InChI=1S/C30H43N5O6/c1-19(2)16-23(32)27(37)34-25(17-21-11-13-22(36)14-12-21)29(39)33-24(10-6-7-15-31)28(38)35-26(30(40)41)18-20-8-4-3-5-9-20/h3-5,8-9,11-14,19,23-26,36H,6-7,10,15-18,31-32H2,1-2H3,(H,33,39)(H,34,37)(H,35,38)(H,40,41). The van der Waals surface area contributed by atoms with Crippen LogP contribution in [-0.2, 0) is 32.0 Å². The number of phenols is 1. The number of hydrogen-bond acceptors (Lipinski definition) is 7. The molecule has 0 aliphatic rings. The summed E-state index contributed by atoms with van der Waals surface area (Å²) in [6, 6.07) is 10.9. The summed E-state index contributed by atoms with van der Waals surface area (Å²) in [5, 5.41) is 27.3. The fourth-order valence-corrected chi connectivity index (χ4v) is 4.33. The van der Waals surface area contributed by atoms with Crippen molar-refractivity contribution in [1.82, 2.24) is 16.0 Å². The van der Waals surface area contributed by atoms with Crippen LogP contribution in [0.5, 0.6) is 5.75 Å². The molecule has 3 amide bonds. The van der Waals surface area contributed by atoms with Gasteiger partial charge in [0.1, 0.15) is 23.9 Å². The minimum atomic E-state index is -1.21. The molecule has 0 heterocycles. The van der Waals surface area contributed by atoms with Crippen molar-refractivity contribution < 1.29 is 29.4 Å². The van der Waals surface area contributed by atoms with Crippen LogP contribution in [0.15, 0.2) is 54.6 Å². The van der Waals surface area contributed by atoms with Gasteiger partial charge in [0.2, 0.25) is 17.7 Å². The maximum absolute atomic E-state index is 13.5. The normalized spacial score (nSPS) is 14.0. The minimum absolute atomic E-state index is 0.0536. The zero-order valence-electron chi connectivity index (χ0n) is 23.7. The molecular formula is C30H43N5O6. The van der Waals surface area contributed by atoms with Gasteiger partial charge in [-0.25, -0.2) is 4.79 Å². The van der Waals surface area contributed by atoms with E-state index in [0.717, 1.165) is 5.56 Å². The molecule has 0 aromatic heterocycles. The molecule has 4 unspecified atom stereocenters. The van der Waals surface area contributed by atoms with Crippen LogP contribution in [0.4, 0.5) is 0 Å². The van der Waals surface area contributed by atoms with E-state index in [2.05, 4.69) is 16.0 Å². The van der Waals surface area contributed by atoms with E-state index in [9.17, 15) is 29.4 Å². The second-order valence-electron chi connectivity index (χ2n) is 10.6. The summed E-state index contributed by atoms with van der Waals surface area (Å²) in [4.78, 5) is 51.6. The van der Waals surface area contributed by atoms with E-state index in [0.29, 0.717) is 31.4 Å². The average molecular weight is 570 g/mol. The number of carbonyl (C=O) groups excluding carboxylic acids is 3. The second-order valence-corrected chi connectivity index (χ2v) is 10.6. The Labute approximate surface area is 241 Å². The average Bonchev–Trinajstić information content (AvgIpc) is 2.93. The largest absolute Gasteiger partial charge is 0.508 e. The van der Waals surface area contributed by atoms with Gasteiger partial charge in [-0.3, -0.25) is 14.4 Å². The van der Waals surface area contributed by atoms with Gasteiger partial charge < -0.3 is 37.6 Å². The van der Waals surface area contributed by atoms with Crippen LogP contribution in [0.1, 0.15) is 50.7 Å². The van der Waals surface area contributed by atoms with Crippen molar-refractivity contribution in [2.24, 2.45) is 17.4 Å². The van der Waals surface area contributed by atoms with Crippen molar-refractivity contribution in [3.05, 3.63) is 65.7 Å². The third-order valence-electron chi connectivity index (χ3n) is 6.55. The smallest absolute Gasteiger partial charge is 0.326 e. The Kier molecular flexibility index (Phi) is 13.8. The summed E-state index contributed by atoms with van der Waals surface area (Å²) in [5.74, 6) is -2.76. The van der Waals surface area contributed by atoms with E-state index in [-0.39, 0.29) is 30.9 Å². The van der Waals surface area contributed by atoms with Crippen LogP contribution < -0.4 is 27.4 Å². The summed E-state index contributed by atoms with van der Waals surface area (Å²) < 4.78 is 0. The van der Waals surface area contributed by atoms with E-state index in [1.807, 2.05) is 19.9 Å². The first-order valence-electron chi connectivity index (χ1n) is 13.9. The summed E-state index contributed by atoms with van der Waals surface area (Å²) in [5.41, 5.74) is 13.1. The van der Waals surface area contributed by atoms with Crippen LogP contribution in [-0.4, -0.2) is 64.6 Å². The SMILES string of the molecule is CC(C)CC(N)C(=O)NC(Cc1ccc(O)cc1)C(=O)NC(CCCCN)C(=O)NC(Cc1ccccc1)C(=O)O. The number of hydrogen-bond donors (Lipinski definition) is 7. The molecule has 41 heavy (non-hydrogen) atoms. The minimum Gasteiger partial charge on any atom is -0.508 e. The summed E-state index contributed by atoms with van der Waals surface area (Å²) >= 11 is 0. The predicted octanol–water partition coefficient (Wildman–Crippen LogP) is 1.22. The third kappa shape index (κ3) is 12.0. The lowest BCUT2D eigenvalue weighted by atomic mass is 10.0. The number of carboxylic acids is 1. The summed E-state index contributed by atoms with van der Waals surface area (Å²) in [6.07, 6.45) is 1.90. The van der Waals surface area contributed by atoms with Gasteiger partial charge in [0.15, 0.2) is 0 Å². The number of amides is 3. The van der Waals surface area contributed by atoms with Gasteiger partial charge in [-0.05, 0) is 61.4 Å². The van der Waals surface area contributed by atoms with Crippen molar-refractivity contribution in [3.63, 3.8) is 0 Å². The molecule has 0 radical (unpaired) electrons. The Balaban J connectivity index is 2.23. The first-order chi connectivity index (χ1) is 19.5. The van der Waals surface area contributed by atoms with Gasteiger partial charge >= 0.3 is 5.97 Å². The fraction of sp³-hybridized carbons (Fsp3) is 0.467. The van der Waals surface area contributed by atoms with Gasteiger partial charge in [-0.1, -0.05) is 56.3 Å². The Bertz CT molecular complexity index is 1130. The summed E-state index contributed by atoms with van der Waals surface area (Å²) in [7, 11) is 0. The molecule has 0 fully saturated rings. The molecule has 2 aromatic rings. The highest BCUT2D eigenvalue weighted by atomic mass is 16.4. The van der Waals surface area contributed by atoms with E-state index in [1.54, 1.807) is 36.4 Å². The number of aliphatic carboxylic acids is 1. The Morgan fingerprint density at radius 1 is 0.756 bits per heavy atom. The number of phenolic OH excluding ortho intramolecular Hbond substituents is 1. The van der Waals surface area contributed by atoms with E-state index in [4.69, 9.17) is 11.5 Å². The lowest BCUT2D eigenvalue weighted by molar-refractivity contribution is -0.142. The van der Waals surface area contributed by atoms with Gasteiger partial charge in [0, 0.05) is 12.8 Å². The molecular weight excluding hydrogens is 526 g/mol. The van der Waals surface area contributed by atoms with Crippen molar-refractivity contribution >= 4 is 23.7 Å². The fourth-order valence-electron chi connectivity index (χ4n) is 4.33. The van der Waals surface area contributed by atoms with Crippen molar-refractivity contribution in [2.45, 2.75) is 76.5 Å². The molecule has 0 aliphatic carbocycles.